The van der Waals surface area contributed by atoms with E-state index in [9.17, 15) is 18.3 Å². The maximum Gasteiger partial charge on any atom is 0.256 e. The summed E-state index contributed by atoms with van der Waals surface area (Å²) in [6.45, 7) is 5.35. The first-order valence-electron chi connectivity index (χ1n) is 12.6. The molecule has 0 saturated carbocycles. The second-order valence-corrected chi connectivity index (χ2v) is 11.7. The van der Waals surface area contributed by atoms with Gasteiger partial charge in [0.2, 0.25) is 10.0 Å². The number of aromatic amines is 1. The molecule has 5 rings (SSSR count). The fourth-order valence-corrected chi connectivity index (χ4v) is 5.77. The molecular formula is C29H30N4O5S. The molecule has 0 saturated heterocycles. The standard InChI is InChI=1S/C29H30N4O5S/c1-4-18-10-13-21(14-11-18)39(36,37)33-26-22-16-20(12-15-24(22)38-29(2,3)27(26)34)28(35)30-25-17-23(31-32-25)19-8-6-5-7-9-19/h5-17,26-27,33-34H,4H2,1-3H3,(H2,30,31,32,35)/t26-,27+/m1/s1. The van der Waals surface area contributed by atoms with Gasteiger partial charge in [-0.25, -0.2) is 13.1 Å². The molecule has 1 aromatic heterocycles. The minimum absolute atomic E-state index is 0.0828. The predicted octanol–water partition coefficient (Wildman–Crippen LogP) is 4.44. The molecule has 2 atom stereocenters. The molecule has 0 spiro atoms. The summed E-state index contributed by atoms with van der Waals surface area (Å²) >= 11 is 0. The number of sulfonamides is 1. The summed E-state index contributed by atoms with van der Waals surface area (Å²) in [4.78, 5) is 13.2. The lowest BCUT2D eigenvalue weighted by Gasteiger charge is -2.42. The highest BCUT2D eigenvalue weighted by molar-refractivity contribution is 7.89. The number of fused-ring (bicyclic) bond motifs is 1. The first-order chi connectivity index (χ1) is 18.6. The number of nitrogens with zero attached hydrogens (tertiary/aromatic N) is 1. The van der Waals surface area contributed by atoms with Gasteiger partial charge in [-0.05, 0) is 61.7 Å². The van der Waals surface area contributed by atoms with Crippen LogP contribution in [0.3, 0.4) is 0 Å². The van der Waals surface area contributed by atoms with Gasteiger partial charge in [-0.3, -0.25) is 9.89 Å². The average Bonchev–Trinajstić information content (AvgIpc) is 3.40. The maximum absolute atomic E-state index is 13.3. The Morgan fingerprint density at radius 3 is 2.46 bits per heavy atom. The molecular weight excluding hydrogens is 516 g/mol. The van der Waals surface area contributed by atoms with E-state index < -0.39 is 33.7 Å². The molecule has 1 amide bonds. The fraction of sp³-hybridized carbons (Fsp3) is 0.241. The molecule has 10 heteroatoms. The van der Waals surface area contributed by atoms with E-state index in [1.807, 2.05) is 37.3 Å². The number of ether oxygens (including phenoxy) is 1. The van der Waals surface area contributed by atoms with E-state index in [4.69, 9.17) is 4.74 Å². The number of nitrogens with one attached hydrogen (secondary N) is 3. The molecule has 1 aliphatic rings. The van der Waals surface area contributed by atoms with Gasteiger partial charge in [-0.15, -0.1) is 0 Å². The Labute approximate surface area is 227 Å². The van der Waals surface area contributed by atoms with Gasteiger partial charge in [-0.2, -0.15) is 5.10 Å². The van der Waals surface area contributed by atoms with E-state index in [1.165, 1.54) is 18.2 Å². The summed E-state index contributed by atoms with van der Waals surface area (Å²) in [6, 6.07) is 21.6. The lowest BCUT2D eigenvalue weighted by molar-refractivity contribution is -0.0603. The van der Waals surface area contributed by atoms with E-state index in [1.54, 1.807) is 44.2 Å². The maximum atomic E-state index is 13.3. The van der Waals surface area contributed by atoms with Crippen LogP contribution in [0.2, 0.25) is 0 Å². The van der Waals surface area contributed by atoms with Crippen molar-refractivity contribution < 1.29 is 23.1 Å². The van der Waals surface area contributed by atoms with Gasteiger partial charge >= 0.3 is 0 Å². The Kier molecular flexibility index (Phi) is 7.02. The van der Waals surface area contributed by atoms with Crippen LogP contribution in [0.5, 0.6) is 5.75 Å². The molecule has 39 heavy (non-hydrogen) atoms. The summed E-state index contributed by atoms with van der Waals surface area (Å²) in [6.07, 6.45) is -0.446. The highest BCUT2D eigenvalue weighted by Gasteiger charge is 2.44. The third-order valence-corrected chi connectivity index (χ3v) is 8.29. The lowest BCUT2D eigenvalue weighted by atomic mass is 9.86. The van der Waals surface area contributed by atoms with E-state index in [2.05, 4.69) is 20.2 Å². The van der Waals surface area contributed by atoms with E-state index in [0.717, 1.165) is 23.2 Å². The summed E-state index contributed by atoms with van der Waals surface area (Å²) in [5.41, 5.74) is 2.21. The molecule has 0 radical (unpaired) electrons. The van der Waals surface area contributed by atoms with Crippen molar-refractivity contribution in [2.24, 2.45) is 0 Å². The molecule has 4 aromatic rings. The summed E-state index contributed by atoms with van der Waals surface area (Å²) in [5, 5.41) is 21.0. The Morgan fingerprint density at radius 1 is 1.05 bits per heavy atom. The zero-order valence-electron chi connectivity index (χ0n) is 21.8. The lowest BCUT2D eigenvalue weighted by Crippen LogP contribution is -2.53. The van der Waals surface area contributed by atoms with Crippen LogP contribution in [0.4, 0.5) is 5.82 Å². The van der Waals surface area contributed by atoms with Crippen molar-refractivity contribution >= 4 is 21.7 Å². The first-order valence-corrected chi connectivity index (χ1v) is 14.1. The number of aromatic nitrogens is 2. The number of rotatable bonds is 7. The third kappa shape index (κ3) is 5.44. The minimum atomic E-state index is -4.00. The van der Waals surface area contributed by atoms with Crippen LogP contribution in [-0.4, -0.2) is 41.3 Å². The molecule has 0 bridgehead atoms. The van der Waals surface area contributed by atoms with Crippen molar-refractivity contribution in [3.63, 3.8) is 0 Å². The molecule has 0 unspecified atom stereocenters. The van der Waals surface area contributed by atoms with Gasteiger partial charge < -0.3 is 15.2 Å². The van der Waals surface area contributed by atoms with E-state index in [-0.39, 0.29) is 10.5 Å². The molecule has 0 fully saturated rings. The smallest absolute Gasteiger partial charge is 0.256 e. The summed E-state index contributed by atoms with van der Waals surface area (Å²) in [7, 11) is -4.00. The molecule has 3 aromatic carbocycles. The number of anilines is 1. The number of aryl methyl sites for hydroxylation is 1. The van der Waals surface area contributed by atoms with Gasteiger partial charge in [-0.1, -0.05) is 49.4 Å². The number of amides is 1. The monoisotopic (exact) mass is 546 g/mol. The third-order valence-electron chi connectivity index (χ3n) is 6.84. The highest BCUT2D eigenvalue weighted by atomic mass is 32.2. The molecule has 1 aliphatic heterocycles. The van der Waals surface area contributed by atoms with Crippen LogP contribution in [0.1, 0.15) is 48.3 Å². The fourth-order valence-electron chi connectivity index (χ4n) is 4.55. The second-order valence-electron chi connectivity index (χ2n) is 9.99. The predicted molar refractivity (Wildman–Crippen MR) is 148 cm³/mol. The van der Waals surface area contributed by atoms with Gasteiger partial charge in [0.1, 0.15) is 17.5 Å². The van der Waals surface area contributed by atoms with Crippen LogP contribution >= 0.6 is 0 Å². The van der Waals surface area contributed by atoms with Crippen molar-refractivity contribution in [3.8, 4) is 17.0 Å². The normalized spacial score (nSPS) is 18.2. The van der Waals surface area contributed by atoms with Crippen molar-refractivity contribution in [1.29, 1.82) is 0 Å². The zero-order chi connectivity index (χ0) is 27.8. The zero-order valence-corrected chi connectivity index (χ0v) is 22.6. The van der Waals surface area contributed by atoms with Gasteiger partial charge in [0.05, 0.1) is 16.6 Å². The molecule has 9 nitrogen and oxygen atoms in total. The Morgan fingerprint density at radius 2 is 1.77 bits per heavy atom. The van der Waals surface area contributed by atoms with Crippen LogP contribution in [-0.2, 0) is 16.4 Å². The number of H-pyrrole nitrogens is 1. The number of carbonyl (C=O) groups excluding carboxylic acids is 1. The van der Waals surface area contributed by atoms with Crippen molar-refractivity contribution in [2.45, 2.75) is 49.8 Å². The number of aliphatic hydroxyl groups is 1. The van der Waals surface area contributed by atoms with E-state index >= 15 is 0 Å². The molecule has 4 N–H and O–H groups in total. The number of hydrogen-bond acceptors (Lipinski definition) is 6. The Balaban J connectivity index is 1.42. The number of aliphatic hydroxyl groups excluding tert-OH is 1. The molecule has 202 valence electrons. The number of hydrogen-bond donors (Lipinski definition) is 4. The summed E-state index contributed by atoms with van der Waals surface area (Å²) < 4.78 is 35.2. The SMILES string of the molecule is CCc1ccc(S(=O)(=O)N[C@@H]2c3cc(C(=O)Nc4cc(-c5ccccc5)[nH]n4)ccc3OC(C)(C)[C@H]2O)cc1. The summed E-state index contributed by atoms with van der Waals surface area (Å²) in [5.74, 6) is 0.267. The highest BCUT2D eigenvalue weighted by Crippen LogP contribution is 2.41. The number of carbonyl (C=O) groups is 1. The quantitative estimate of drug-likeness (QED) is 0.271. The van der Waals surface area contributed by atoms with Crippen molar-refractivity contribution in [1.82, 2.24) is 14.9 Å². The minimum Gasteiger partial charge on any atom is -0.485 e. The van der Waals surface area contributed by atoms with Gasteiger partial charge in [0.25, 0.3) is 5.91 Å². The topological polar surface area (TPSA) is 133 Å². The molecule has 0 aliphatic carbocycles. The van der Waals surface area contributed by atoms with Crippen LogP contribution in [0.15, 0.2) is 83.8 Å². The van der Waals surface area contributed by atoms with Crippen molar-refractivity contribution in [2.75, 3.05) is 5.32 Å². The van der Waals surface area contributed by atoms with Crippen LogP contribution in [0, 0.1) is 0 Å². The first kappa shape index (κ1) is 26.6. The van der Waals surface area contributed by atoms with Gasteiger partial charge in [0, 0.05) is 17.2 Å². The van der Waals surface area contributed by atoms with Crippen LogP contribution < -0.4 is 14.8 Å². The Bertz CT molecular complexity index is 1600. The number of benzene rings is 3. The van der Waals surface area contributed by atoms with Gasteiger partial charge in [0.15, 0.2) is 5.82 Å². The average molecular weight is 547 g/mol. The Hall–Kier alpha value is -3.99. The second kappa shape index (κ2) is 10.3. The largest absolute Gasteiger partial charge is 0.485 e. The van der Waals surface area contributed by atoms with E-state index in [0.29, 0.717) is 17.1 Å². The van der Waals surface area contributed by atoms with Crippen LogP contribution in [0.25, 0.3) is 11.3 Å². The molecule has 2 heterocycles. The van der Waals surface area contributed by atoms with Crippen molar-refractivity contribution in [3.05, 3.63) is 95.6 Å².